The van der Waals surface area contributed by atoms with Gasteiger partial charge in [0, 0.05) is 47.6 Å². The molecule has 0 saturated carbocycles. The Morgan fingerprint density at radius 3 is 2.55 bits per heavy atom. The van der Waals surface area contributed by atoms with E-state index in [2.05, 4.69) is 53.2 Å². The van der Waals surface area contributed by atoms with Crippen LogP contribution in [0.25, 0.3) is 27.9 Å². The van der Waals surface area contributed by atoms with Crippen molar-refractivity contribution in [2.75, 3.05) is 24.5 Å². The fraction of sp³-hybridized carbons (Fsp3) is 0.360. The Kier molecular flexibility index (Phi) is 5.44. The molecule has 170 valence electrons. The summed E-state index contributed by atoms with van der Waals surface area (Å²) >= 11 is 6.29. The van der Waals surface area contributed by atoms with Crippen molar-refractivity contribution in [3.05, 3.63) is 53.1 Å². The van der Waals surface area contributed by atoms with Gasteiger partial charge in [0.05, 0.1) is 5.52 Å². The summed E-state index contributed by atoms with van der Waals surface area (Å²) in [5.74, 6) is 1.69. The first-order valence-corrected chi connectivity index (χ1v) is 11.7. The molecule has 5 rings (SSSR count). The van der Waals surface area contributed by atoms with Crippen LogP contribution in [0.3, 0.4) is 0 Å². The molecule has 2 aromatic carbocycles. The Morgan fingerprint density at radius 2 is 1.85 bits per heavy atom. The van der Waals surface area contributed by atoms with E-state index in [4.69, 9.17) is 16.6 Å². The second-order valence-electron chi connectivity index (χ2n) is 9.10. The SMILES string of the molecule is Cc1ccc(-c2nnc3c4ccc(Cl)cc4nc(N4CCN(C(=O)C(C)C)C(C)C4)n23)cc1. The second-order valence-corrected chi connectivity index (χ2v) is 9.54. The third-order valence-electron chi connectivity index (χ3n) is 6.28. The van der Waals surface area contributed by atoms with E-state index in [9.17, 15) is 4.79 Å². The maximum atomic E-state index is 12.7. The summed E-state index contributed by atoms with van der Waals surface area (Å²) < 4.78 is 2.04. The fourth-order valence-corrected chi connectivity index (χ4v) is 4.66. The molecule has 0 aliphatic carbocycles. The number of rotatable bonds is 3. The Balaban J connectivity index is 1.66. The van der Waals surface area contributed by atoms with Gasteiger partial charge in [0.25, 0.3) is 0 Å². The number of piperazine rings is 1. The molecule has 7 nitrogen and oxygen atoms in total. The van der Waals surface area contributed by atoms with Gasteiger partial charge in [-0.25, -0.2) is 9.38 Å². The highest BCUT2D eigenvalue weighted by molar-refractivity contribution is 6.31. The van der Waals surface area contributed by atoms with Crippen LogP contribution in [0.2, 0.25) is 5.02 Å². The average Bonchev–Trinajstić information content (AvgIpc) is 3.23. The molecule has 1 amide bonds. The first-order valence-electron chi connectivity index (χ1n) is 11.3. The summed E-state index contributed by atoms with van der Waals surface area (Å²) in [7, 11) is 0. The van der Waals surface area contributed by atoms with E-state index < -0.39 is 0 Å². The minimum atomic E-state index is -0.0161. The van der Waals surface area contributed by atoms with Crippen molar-refractivity contribution in [1.82, 2.24) is 24.5 Å². The number of carbonyl (C=O) groups is 1. The number of hydrogen-bond donors (Lipinski definition) is 0. The maximum absolute atomic E-state index is 12.7. The first kappa shape index (κ1) is 21.6. The van der Waals surface area contributed by atoms with Gasteiger partial charge in [0.15, 0.2) is 11.5 Å². The molecule has 0 radical (unpaired) electrons. The van der Waals surface area contributed by atoms with Gasteiger partial charge in [-0.1, -0.05) is 55.3 Å². The third kappa shape index (κ3) is 3.80. The molecule has 33 heavy (non-hydrogen) atoms. The lowest BCUT2D eigenvalue weighted by atomic mass is 10.1. The number of carbonyl (C=O) groups excluding carboxylic acids is 1. The number of benzene rings is 2. The summed E-state index contributed by atoms with van der Waals surface area (Å²) in [6.45, 7) is 10.1. The summed E-state index contributed by atoms with van der Waals surface area (Å²) in [6.07, 6.45) is 0. The number of aryl methyl sites for hydroxylation is 1. The molecule has 1 saturated heterocycles. The predicted octanol–water partition coefficient (Wildman–Crippen LogP) is 4.60. The molecule has 0 N–H and O–H groups in total. The van der Waals surface area contributed by atoms with Gasteiger partial charge >= 0.3 is 0 Å². The van der Waals surface area contributed by atoms with Crippen molar-refractivity contribution >= 4 is 40.0 Å². The van der Waals surface area contributed by atoms with E-state index in [-0.39, 0.29) is 17.9 Å². The maximum Gasteiger partial charge on any atom is 0.225 e. The Labute approximate surface area is 198 Å². The number of aromatic nitrogens is 4. The zero-order chi connectivity index (χ0) is 23.3. The number of halogens is 1. The Bertz CT molecular complexity index is 1350. The highest BCUT2D eigenvalue weighted by atomic mass is 35.5. The highest BCUT2D eigenvalue weighted by Gasteiger charge is 2.31. The van der Waals surface area contributed by atoms with Gasteiger partial charge in [-0.3, -0.25) is 4.79 Å². The lowest BCUT2D eigenvalue weighted by Crippen LogP contribution is -2.55. The number of hydrogen-bond acceptors (Lipinski definition) is 5. The van der Waals surface area contributed by atoms with Gasteiger partial charge in [-0.05, 0) is 32.0 Å². The van der Waals surface area contributed by atoms with E-state index in [0.717, 1.165) is 33.9 Å². The van der Waals surface area contributed by atoms with Gasteiger partial charge in [-0.15, -0.1) is 10.2 Å². The van der Waals surface area contributed by atoms with Gasteiger partial charge in [-0.2, -0.15) is 0 Å². The molecular weight excluding hydrogens is 436 g/mol. The van der Waals surface area contributed by atoms with Crippen molar-refractivity contribution in [2.45, 2.75) is 33.7 Å². The van der Waals surface area contributed by atoms with Crippen LogP contribution in [0.1, 0.15) is 26.3 Å². The summed E-state index contributed by atoms with van der Waals surface area (Å²) in [5.41, 5.74) is 3.69. The van der Waals surface area contributed by atoms with Gasteiger partial charge < -0.3 is 9.80 Å². The van der Waals surface area contributed by atoms with E-state index in [0.29, 0.717) is 24.7 Å². The van der Waals surface area contributed by atoms with Gasteiger partial charge in [0.1, 0.15) is 0 Å². The van der Waals surface area contributed by atoms with E-state index in [1.165, 1.54) is 5.56 Å². The van der Waals surface area contributed by atoms with Crippen LogP contribution < -0.4 is 4.90 Å². The largest absolute Gasteiger partial charge is 0.338 e. The van der Waals surface area contributed by atoms with E-state index >= 15 is 0 Å². The molecule has 0 bridgehead atoms. The molecule has 3 heterocycles. The number of nitrogens with zero attached hydrogens (tertiary/aromatic N) is 6. The smallest absolute Gasteiger partial charge is 0.225 e. The van der Waals surface area contributed by atoms with Crippen molar-refractivity contribution in [3.8, 4) is 11.4 Å². The van der Waals surface area contributed by atoms with Gasteiger partial charge in [0.2, 0.25) is 11.9 Å². The molecule has 1 aliphatic heterocycles. The molecule has 0 spiro atoms. The topological polar surface area (TPSA) is 66.6 Å². The zero-order valence-corrected chi connectivity index (χ0v) is 20.0. The van der Waals surface area contributed by atoms with Crippen LogP contribution in [-0.2, 0) is 4.79 Å². The minimum absolute atomic E-state index is 0.0161. The number of fused-ring (bicyclic) bond motifs is 3. The molecule has 1 atom stereocenters. The molecule has 2 aromatic heterocycles. The van der Waals surface area contributed by atoms with Crippen LogP contribution in [-0.4, -0.2) is 56.1 Å². The fourth-order valence-electron chi connectivity index (χ4n) is 4.49. The Morgan fingerprint density at radius 1 is 1.09 bits per heavy atom. The lowest BCUT2D eigenvalue weighted by molar-refractivity contribution is -0.136. The quantitative estimate of drug-likeness (QED) is 0.445. The molecule has 1 aliphatic rings. The van der Waals surface area contributed by atoms with Crippen molar-refractivity contribution in [3.63, 3.8) is 0 Å². The summed E-state index contributed by atoms with van der Waals surface area (Å²) in [6, 6.07) is 14.0. The average molecular weight is 463 g/mol. The van der Waals surface area contributed by atoms with Crippen LogP contribution in [0, 0.1) is 12.8 Å². The van der Waals surface area contributed by atoms with Crippen molar-refractivity contribution in [1.29, 1.82) is 0 Å². The second kappa shape index (κ2) is 8.30. The number of amides is 1. The normalized spacial score (nSPS) is 16.8. The molecule has 1 fully saturated rings. The minimum Gasteiger partial charge on any atom is -0.338 e. The predicted molar refractivity (Wildman–Crippen MR) is 132 cm³/mol. The zero-order valence-electron chi connectivity index (χ0n) is 19.3. The van der Waals surface area contributed by atoms with Crippen LogP contribution >= 0.6 is 11.6 Å². The highest BCUT2D eigenvalue weighted by Crippen LogP contribution is 2.31. The third-order valence-corrected chi connectivity index (χ3v) is 6.52. The van der Waals surface area contributed by atoms with Crippen molar-refractivity contribution < 1.29 is 4.79 Å². The van der Waals surface area contributed by atoms with E-state index in [1.54, 1.807) is 0 Å². The van der Waals surface area contributed by atoms with E-state index in [1.807, 2.05) is 41.3 Å². The lowest BCUT2D eigenvalue weighted by Gasteiger charge is -2.41. The first-order chi connectivity index (χ1) is 15.8. The molecule has 8 heteroatoms. The standard InChI is InChI=1S/C25H27ClN6O/c1-15(2)24(33)31-12-11-30(14-17(31)4)25-27-21-13-19(26)9-10-20(21)23-29-28-22(32(23)25)18-7-5-16(3)6-8-18/h5-10,13,15,17H,11-12,14H2,1-4H3. The molecule has 4 aromatic rings. The summed E-state index contributed by atoms with van der Waals surface area (Å²) in [4.78, 5) is 21.9. The van der Waals surface area contributed by atoms with Crippen LogP contribution in [0.15, 0.2) is 42.5 Å². The molecule has 1 unspecified atom stereocenters. The van der Waals surface area contributed by atoms with Crippen LogP contribution in [0.5, 0.6) is 0 Å². The summed E-state index contributed by atoms with van der Waals surface area (Å²) in [5, 5.41) is 10.6. The monoisotopic (exact) mass is 462 g/mol. The van der Waals surface area contributed by atoms with Crippen LogP contribution in [0.4, 0.5) is 5.95 Å². The van der Waals surface area contributed by atoms with Crippen molar-refractivity contribution in [2.24, 2.45) is 5.92 Å². The molecular formula is C25H27ClN6O. The Hall–Kier alpha value is -3.19. The number of anilines is 1.